The number of carbonyl (C=O) groups excluding carboxylic acids is 3. The number of alkyl carbamates (subject to hydrolysis) is 1. The molecule has 0 radical (unpaired) electrons. The highest BCUT2D eigenvalue weighted by atomic mass is 19.1. The van der Waals surface area contributed by atoms with Gasteiger partial charge in [0, 0.05) is 39.3 Å². The Morgan fingerprint density at radius 2 is 1.13 bits per heavy atom. The van der Waals surface area contributed by atoms with Gasteiger partial charge in [-0.05, 0) is 56.9 Å². The van der Waals surface area contributed by atoms with Gasteiger partial charge in [0.1, 0.15) is 18.3 Å². The molecule has 2 saturated heterocycles. The zero-order chi connectivity index (χ0) is 44.7. The van der Waals surface area contributed by atoms with E-state index >= 15 is 0 Å². The maximum absolute atomic E-state index is 14.9. The Hall–Kier alpha value is -6.08. The van der Waals surface area contributed by atoms with Gasteiger partial charge >= 0.3 is 12.2 Å². The predicted molar refractivity (Wildman–Crippen MR) is 231 cm³/mol. The van der Waals surface area contributed by atoms with Crippen LogP contribution in [0.25, 0.3) is 0 Å². The van der Waals surface area contributed by atoms with Gasteiger partial charge in [0.05, 0.1) is 11.8 Å². The van der Waals surface area contributed by atoms with Gasteiger partial charge in [-0.3, -0.25) is 31.3 Å². The Morgan fingerprint density at radius 3 is 1.54 bits per heavy atom. The summed E-state index contributed by atoms with van der Waals surface area (Å²) in [5.74, 6) is -0.997. The van der Waals surface area contributed by atoms with Gasteiger partial charge in [0.2, 0.25) is 23.4 Å². The molecule has 18 nitrogen and oxygen atoms in total. The van der Waals surface area contributed by atoms with E-state index in [4.69, 9.17) is 9.84 Å². The molecule has 4 fully saturated rings. The van der Waals surface area contributed by atoms with Crippen LogP contribution < -0.4 is 42.1 Å². The van der Waals surface area contributed by atoms with Crippen LogP contribution >= 0.6 is 0 Å². The molecule has 7 N–H and O–H groups in total. The van der Waals surface area contributed by atoms with Crippen LogP contribution in [0.2, 0.25) is 0 Å². The maximum Gasteiger partial charge on any atom is 0.407 e. The van der Waals surface area contributed by atoms with Crippen LogP contribution in [0.3, 0.4) is 0 Å². The lowest BCUT2D eigenvalue weighted by Crippen LogP contribution is -2.42. The molecule has 342 valence electrons. The third kappa shape index (κ3) is 13.7. The highest BCUT2D eigenvalue weighted by Crippen LogP contribution is 2.32. The van der Waals surface area contributed by atoms with E-state index < -0.39 is 35.7 Å². The summed E-state index contributed by atoms with van der Waals surface area (Å²) in [5.41, 5.74) is 11.2. The van der Waals surface area contributed by atoms with Crippen molar-refractivity contribution in [3.05, 3.63) is 59.2 Å². The lowest BCUT2D eigenvalue weighted by molar-refractivity contribution is -0.125. The molecule has 2 atom stereocenters. The first-order valence-electron chi connectivity index (χ1n) is 22.0. The molecule has 2 saturated carbocycles. The van der Waals surface area contributed by atoms with E-state index in [1.54, 1.807) is 13.8 Å². The number of anilines is 4. The molecular weight excluding hydrogens is 819 g/mol. The number of benzene rings is 1. The molecule has 2 aliphatic heterocycles. The molecule has 4 amide bonds. The van der Waals surface area contributed by atoms with E-state index in [-0.39, 0.29) is 54.8 Å². The second-order valence-electron chi connectivity index (χ2n) is 16.7. The number of carboxylic acid groups (broad SMARTS) is 1. The molecule has 1 aromatic carbocycles. The van der Waals surface area contributed by atoms with E-state index in [2.05, 4.69) is 52.3 Å². The average Bonchev–Trinajstić information content (AvgIpc) is 3.95. The quantitative estimate of drug-likeness (QED) is 0.0757. The summed E-state index contributed by atoms with van der Waals surface area (Å²) in [4.78, 5) is 68.9. The second-order valence-corrected chi connectivity index (χ2v) is 16.7. The van der Waals surface area contributed by atoms with Gasteiger partial charge in [-0.15, -0.1) is 0 Å². The van der Waals surface area contributed by atoms with Gasteiger partial charge in [-0.25, -0.2) is 29.5 Å². The van der Waals surface area contributed by atoms with Crippen molar-refractivity contribution in [1.82, 2.24) is 41.4 Å². The van der Waals surface area contributed by atoms with E-state index in [0.29, 0.717) is 36.3 Å². The molecule has 7 rings (SSSR count). The first-order valence-corrected chi connectivity index (χ1v) is 22.0. The summed E-state index contributed by atoms with van der Waals surface area (Å²) < 4.78 is 34.9. The molecule has 4 aliphatic rings. The van der Waals surface area contributed by atoms with Crippen molar-refractivity contribution in [2.45, 2.75) is 97.5 Å². The van der Waals surface area contributed by atoms with Crippen molar-refractivity contribution in [3.8, 4) is 0 Å². The van der Waals surface area contributed by atoms with Crippen LogP contribution in [0, 0.1) is 49.2 Å². The molecule has 0 bridgehead atoms. The fraction of sp³-hybridized carbons (Fsp3) is 0.581. The van der Waals surface area contributed by atoms with Crippen molar-refractivity contribution in [2.75, 3.05) is 59.9 Å². The molecule has 2 aromatic heterocycles. The van der Waals surface area contributed by atoms with Gasteiger partial charge < -0.3 is 30.3 Å². The highest BCUT2D eigenvalue weighted by Gasteiger charge is 2.29. The Balaban J connectivity index is 0.000000215. The summed E-state index contributed by atoms with van der Waals surface area (Å²) in [6.07, 6.45) is 10.2. The molecule has 20 heteroatoms. The van der Waals surface area contributed by atoms with Crippen LogP contribution in [0.15, 0.2) is 30.3 Å². The number of aromatic nitrogens is 4. The van der Waals surface area contributed by atoms with Crippen molar-refractivity contribution in [1.29, 1.82) is 0 Å². The predicted octanol–water partition coefficient (Wildman–Crippen LogP) is 5.74. The number of ether oxygens (including phenoxy) is 1. The first-order chi connectivity index (χ1) is 30.4. The van der Waals surface area contributed by atoms with Crippen LogP contribution in [-0.2, 0) is 20.9 Å². The SMILES string of the molecule is Cc1nc(NNC(=O)[C@@H](CNC(=O)O)CC2CCCC2)c(F)c(N2CCC2)n1.Cc1nc(NNC(=O)[C@@H](CNC(=O)OCc2ccccc2)CC2CCCC2)c(F)c(N2CCC2)n1. The van der Waals surface area contributed by atoms with Gasteiger partial charge in [-0.2, -0.15) is 8.78 Å². The third-order valence-corrected chi connectivity index (χ3v) is 11.9. The van der Waals surface area contributed by atoms with E-state index in [0.717, 1.165) is 96.0 Å². The molecule has 2 aliphatic carbocycles. The van der Waals surface area contributed by atoms with E-state index in [9.17, 15) is 28.0 Å². The number of nitrogens with zero attached hydrogens (tertiary/aromatic N) is 6. The maximum atomic E-state index is 14.9. The minimum absolute atomic E-state index is 0.0175. The van der Waals surface area contributed by atoms with Crippen molar-refractivity contribution in [2.24, 2.45) is 23.7 Å². The molecular formula is C43H60F2N12O6. The number of hydrazine groups is 2. The molecule has 63 heavy (non-hydrogen) atoms. The zero-order valence-electron chi connectivity index (χ0n) is 36.1. The van der Waals surface area contributed by atoms with Crippen LogP contribution in [0.4, 0.5) is 41.6 Å². The number of carbonyl (C=O) groups is 4. The van der Waals surface area contributed by atoms with Gasteiger partial charge in [-0.1, -0.05) is 81.7 Å². The summed E-state index contributed by atoms with van der Waals surface area (Å²) in [6.45, 7) is 6.61. The number of aryl methyl sites for hydroxylation is 2. The van der Waals surface area contributed by atoms with Gasteiger partial charge in [0.25, 0.3) is 0 Å². The minimum atomic E-state index is -1.17. The van der Waals surface area contributed by atoms with Crippen LogP contribution in [0.1, 0.15) is 94.3 Å². The smallest absolute Gasteiger partial charge is 0.407 e. The molecule has 0 spiro atoms. The summed E-state index contributed by atoms with van der Waals surface area (Å²) in [7, 11) is 0. The van der Waals surface area contributed by atoms with Crippen molar-refractivity contribution in [3.63, 3.8) is 0 Å². The van der Waals surface area contributed by atoms with E-state index in [1.165, 1.54) is 0 Å². The number of rotatable bonds is 18. The monoisotopic (exact) mass is 878 g/mol. The fourth-order valence-corrected chi connectivity index (χ4v) is 8.23. The Kier molecular flexibility index (Phi) is 16.8. The molecule has 4 heterocycles. The van der Waals surface area contributed by atoms with Crippen LogP contribution in [0.5, 0.6) is 0 Å². The number of halogens is 2. The summed E-state index contributed by atoms with van der Waals surface area (Å²) in [6, 6.07) is 9.39. The second kappa shape index (κ2) is 22.8. The standard InChI is InChI=1S/C25H33FN6O3.C18H27FN6O3/c1-17-28-22(21(26)23(29-17)32-12-7-13-32)30-31-24(33)20(14-18-8-5-6-9-18)15-27-25(34)35-16-19-10-3-2-4-11-19;1-11-21-15(14(19)16(22-11)25-7-4-8-25)23-24-17(26)13(10-20-18(27)28)9-12-5-2-3-6-12/h2-4,10-11,18,20H,5-9,12-16H2,1H3,(H,27,34)(H,31,33)(H,28,29,30);12-13,20H,2-10H2,1H3,(H,24,26)(H,27,28)(H,21,22,23)/t20-;13-/m11/s1. The molecule has 3 aromatic rings. The number of hydrogen-bond donors (Lipinski definition) is 7. The van der Waals surface area contributed by atoms with Crippen molar-refractivity contribution < 1.29 is 37.8 Å². The minimum Gasteiger partial charge on any atom is -0.465 e. The fourth-order valence-electron chi connectivity index (χ4n) is 8.23. The Morgan fingerprint density at radius 1 is 0.683 bits per heavy atom. The molecule has 0 unspecified atom stereocenters. The number of hydrogen-bond acceptors (Lipinski definition) is 13. The highest BCUT2D eigenvalue weighted by molar-refractivity contribution is 5.81. The summed E-state index contributed by atoms with van der Waals surface area (Å²) in [5, 5.41) is 13.9. The number of amides is 4. The first kappa shape index (κ1) is 46.4. The van der Waals surface area contributed by atoms with Gasteiger partial charge in [0.15, 0.2) is 23.3 Å². The zero-order valence-corrected chi connectivity index (χ0v) is 36.1. The third-order valence-electron chi connectivity index (χ3n) is 11.9. The Bertz CT molecular complexity index is 2010. The average molecular weight is 879 g/mol. The normalized spacial score (nSPS) is 17.0. The number of nitrogens with one attached hydrogen (secondary N) is 6. The van der Waals surface area contributed by atoms with Crippen molar-refractivity contribution >= 4 is 47.3 Å². The largest absolute Gasteiger partial charge is 0.465 e. The lowest BCUT2D eigenvalue weighted by Gasteiger charge is -2.32. The lowest BCUT2D eigenvalue weighted by atomic mass is 9.92. The summed E-state index contributed by atoms with van der Waals surface area (Å²) >= 11 is 0. The van der Waals surface area contributed by atoms with E-state index in [1.807, 2.05) is 40.1 Å². The topological polar surface area (TPSA) is 228 Å². The van der Waals surface area contributed by atoms with Crippen LogP contribution in [-0.4, -0.2) is 88.3 Å². The Labute approximate surface area is 366 Å².